The van der Waals surface area contributed by atoms with Crippen LogP contribution in [0.5, 0.6) is 0 Å². The summed E-state index contributed by atoms with van der Waals surface area (Å²) in [6.45, 7) is 2.75. The van der Waals surface area contributed by atoms with Crippen molar-refractivity contribution in [2.75, 3.05) is 32.7 Å². The SMILES string of the molecule is O=C(CCN1CCN(S(=O)(=O)c2ccc(Cl)s2)CC1)c1ccccc1. The molecule has 2 aromatic rings. The molecule has 0 saturated carbocycles. The van der Waals surface area contributed by atoms with E-state index in [1.54, 1.807) is 12.1 Å². The summed E-state index contributed by atoms with van der Waals surface area (Å²) in [6.07, 6.45) is 0.442. The lowest BCUT2D eigenvalue weighted by Crippen LogP contribution is -2.48. The molecule has 1 aromatic carbocycles. The minimum absolute atomic E-state index is 0.115. The average molecular weight is 399 g/mol. The molecule has 1 aliphatic rings. The molecule has 0 N–H and O–H groups in total. The summed E-state index contributed by atoms with van der Waals surface area (Å²) >= 11 is 6.92. The smallest absolute Gasteiger partial charge is 0.252 e. The van der Waals surface area contributed by atoms with Gasteiger partial charge in [0.15, 0.2) is 5.78 Å². The predicted octanol–water partition coefficient (Wildman–Crippen LogP) is 2.98. The van der Waals surface area contributed by atoms with Crippen LogP contribution >= 0.6 is 22.9 Å². The third-order valence-corrected chi connectivity index (χ3v) is 7.82. The Balaban J connectivity index is 1.51. The van der Waals surface area contributed by atoms with Gasteiger partial charge in [0.2, 0.25) is 0 Å². The van der Waals surface area contributed by atoms with Gasteiger partial charge in [-0.25, -0.2) is 8.42 Å². The Morgan fingerprint density at radius 3 is 2.32 bits per heavy atom. The highest BCUT2D eigenvalue weighted by Gasteiger charge is 2.29. The van der Waals surface area contributed by atoms with E-state index in [1.165, 1.54) is 4.31 Å². The van der Waals surface area contributed by atoms with Crippen molar-refractivity contribution in [3.05, 3.63) is 52.4 Å². The summed E-state index contributed by atoms with van der Waals surface area (Å²) in [5.41, 5.74) is 0.721. The Morgan fingerprint density at radius 1 is 1.04 bits per heavy atom. The van der Waals surface area contributed by atoms with Gasteiger partial charge in [0, 0.05) is 44.7 Å². The van der Waals surface area contributed by atoms with Crippen LogP contribution in [-0.2, 0) is 10.0 Å². The molecule has 0 atom stereocenters. The maximum Gasteiger partial charge on any atom is 0.252 e. The fraction of sp³-hybridized carbons (Fsp3) is 0.353. The predicted molar refractivity (Wildman–Crippen MR) is 99.9 cm³/mol. The van der Waals surface area contributed by atoms with E-state index in [1.807, 2.05) is 30.3 Å². The molecule has 3 rings (SSSR count). The summed E-state index contributed by atoms with van der Waals surface area (Å²) in [6, 6.07) is 12.4. The minimum atomic E-state index is -3.47. The summed E-state index contributed by atoms with van der Waals surface area (Å²) in [5.74, 6) is 0.115. The zero-order valence-corrected chi connectivity index (χ0v) is 16.0. The van der Waals surface area contributed by atoms with Crippen molar-refractivity contribution in [3.63, 3.8) is 0 Å². The summed E-state index contributed by atoms with van der Waals surface area (Å²) in [7, 11) is -3.47. The summed E-state index contributed by atoms with van der Waals surface area (Å²) in [5, 5.41) is 0. The van der Waals surface area contributed by atoms with E-state index in [2.05, 4.69) is 4.90 Å². The van der Waals surface area contributed by atoms with Crippen LogP contribution in [0.25, 0.3) is 0 Å². The fourth-order valence-corrected chi connectivity index (χ4v) is 5.84. The molecule has 0 radical (unpaired) electrons. The molecule has 25 heavy (non-hydrogen) atoms. The number of hydrogen-bond acceptors (Lipinski definition) is 5. The molecule has 134 valence electrons. The lowest BCUT2D eigenvalue weighted by molar-refractivity contribution is 0.0952. The molecule has 0 spiro atoms. The van der Waals surface area contributed by atoms with Crippen molar-refractivity contribution >= 4 is 38.7 Å². The molecule has 1 fully saturated rings. The van der Waals surface area contributed by atoms with Gasteiger partial charge in [-0.2, -0.15) is 4.31 Å². The van der Waals surface area contributed by atoms with Crippen LogP contribution in [0.3, 0.4) is 0 Å². The molecule has 0 bridgehead atoms. The summed E-state index contributed by atoms with van der Waals surface area (Å²) < 4.78 is 27.4. The number of rotatable bonds is 6. The van der Waals surface area contributed by atoms with Crippen LogP contribution in [0.1, 0.15) is 16.8 Å². The van der Waals surface area contributed by atoms with E-state index in [4.69, 9.17) is 11.6 Å². The number of hydrogen-bond donors (Lipinski definition) is 0. The van der Waals surface area contributed by atoms with Crippen LogP contribution in [-0.4, -0.2) is 56.1 Å². The third kappa shape index (κ3) is 4.48. The first kappa shape index (κ1) is 18.5. The number of ketones is 1. The van der Waals surface area contributed by atoms with Crippen molar-refractivity contribution in [2.45, 2.75) is 10.6 Å². The Morgan fingerprint density at radius 2 is 1.72 bits per heavy atom. The van der Waals surface area contributed by atoms with Gasteiger partial charge < -0.3 is 4.90 Å². The van der Waals surface area contributed by atoms with E-state index in [0.29, 0.717) is 43.5 Å². The van der Waals surface area contributed by atoms with Crippen molar-refractivity contribution in [1.29, 1.82) is 0 Å². The second-order valence-corrected chi connectivity index (χ2v) is 9.72. The number of piperazine rings is 1. The summed E-state index contributed by atoms with van der Waals surface area (Å²) in [4.78, 5) is 14.3. The molecular formula is C17H19ClN2O3S2. The van der Waals surface area contributed by atoms with E-state index in [-0.39, 0.29) is 9.99 Å². The van der Waals surface area contributed by atoms with Gasteiger partial charge in [0.05, 0.1) is 4.34 Å². The van der Waals surface area contributed by atoms with Crippen LogP contribution in [0.15, 0.2) is 46.7 Å². The fourth-order valence-electron chi connectivity index (χ4n) is 2.79. The molecule has 5 nitrogen and oxygen atoms in total. The molecule has 0 aliphatic carbocycles. The zero-order chi connectivity index (χ0) is 17.9. The number of nitrogens with zero attached hydrogens (tertiary/aromatic N) is 2. The molecule has 0 unspecified atom stereocenters. The van der Waals surface area contributed by atoms with E-state index in [0.717, 1.165) is 16.9 Å². The lowest BCUT2D eigenvalue weighted by atomic mass is 10.1. The quantitative estimate of drug-likeness (QED) is 0.702. The van der Waals surface area contributed by atoms with Gasteiger partial charge in [-0.3, -0.25) is 4.79 Å². The maximum absolute atomic E-state index is 12.6. The molecule has 1 aliphatic heterocycles. The van der Waals surface area contributed by atoms with Crippen molar-refractivity contribution in [3.8, 4) is 0 Å². The number of carbonyl (C=O) groups excluding carboxylic acids is 1. The van der Waals surface area contributed by atoms with Gasteiger partial charge >= 0.3 is 0 Å². The van der Waals surface area contributed by atoms with Crippen LogP contribution in [0.2, 0.25) is 4.34 Å². The first-order chi connectivity index (χ1) is 12.0. The van der Waals surface area contributed by atoms with E-state index < -0.39 is 10.0 Å². The molecule has 1 aromatic heterocycles. The zero-order valence-electron chi connectivity index (χ0n) is 13.6. The molecule has 1 saturated heterocycles. The lowest BCUT2D eigenvalue weighted by Gasteiger charge is -2.33. The van der Waals surface area contributed by atoms with Gasteiger partial charge in [0.25, 0.3) is 10.0 Å². The van der Waals surface area contributed by atoms with Crippen LogP contribution in [0, 0.1) is 0 Å². The first-order valence-electron chi connectivity index (χ1n) is 8.03. The highest BCUT2D eigenvalue weighted by molar-refractivity contribution is 7.91. The number of halogens is 1. The molecule has 2 heterocycles. The number of carbonyl (C=O) groups is 1. The number of thiophene rings is 1. The van der Waals surface area contributed by atoms with Crippen molar-refractivity contribution in [2.24, 2.45) is 0 Å². The molecule has 0 amide bonds. The first-order valence-corrected chi connectivity index (χ1v) is 10.7. The Hall–Kier alpha value is -1.25. The van der Waals surface area contributed by atoms with Crippen molar-refractivity contribution in [1.82, 2.24) is 9.21 Å². The molecular weight excluding hydrogens is 380 g/mol. The highest BCUT2D eigenvalue weighted by Crippen LogP contribution is 2.28. The number of benzene rings is 1. The number of sulfonamides is 1. The highest BCUT2D eigenvalue weighted by atomic mass is 35.5. The topological polar surface area (TPSA) is 57.7 Å². The largest absolute Gasteiger partial charge is 0.300 e. The second kappa shape index (κ2) is 7.97. The molecule has 8 heteroatoms. The second-order valence-electron chi connectivity index (χ2n) is 5.84. The Kier molecular flexibility index (Phi) is 5.91. The average Bonchev–Trinajstić information content (AvgIpc) is 3.08. The third-order valence-electron chi connectivity index (χ3n) is 4.22. The van der Waals surface area contributed by atoms with E-state index >= 15 is 0 Å². The van der Waals surface area contributed by atoms with Gasteiger partial charge in [0.1, 0.15) is 4.21 Å². The van der Waals surface area contributed by atoms with Crippen LogP contribution < -0.4 is 0 Å². The van der Waals surface area contributed by atoms with Gasteiger partial charge in [-0.15, -0.1) is 11.3 Å². The number of Topliss-reactive ketones (excluding diaryl/α,β-unsaturated/α-hetero) is 1. The monoisotopic (exact) mass is 398 g/mol. The standard InChI is InChI=1S/C17H19ClN2O3S2/c18-16-6-7-17(24-16)25(22,23)20-12-10-19(11-13-20)9-8-15(21)14-4-2-1-3-5-14/h1-7H,8-13H2. The van der Waals surface area contributed by atoms with E-state index in [9.17, 15) is 13.2 Å². The Labute approximate surface area is 156 Å². The maximum atomic E-state index is 12.6. The van der Waals surface area contributed by atoms with Gasteiger partial charge in [-0.1, -0.05) is 41.9 Å². The Bertz CT molecular complexity index is 829. The van der Waals surface area contributed by atoms with Gasteiger partial charge in [-0.05, 0) is 12.1 Å². The minimum Gasteiger partial charge on any atom is -0.300 e. The normalized spacial score (nSPS) is 16.8. The van der Waals surface area contributed by atoms with Crippen LogP contribution in [0.4, 0.5) is 0 Å². The van der Waals surface area contributed by atoms with Crippen molar-refractivity contribution < 1.29 is 13.2 Å².